The predicted molar refractivity (Wildman–Crippen MR) is 76.6 cm³/mol. The first-order valence-corrected chi connectivity index (χ1v) is 6.66. The molecule has 0 saturated carbocycles. The van der Waals surface area contributed by atoms with E-state index in [1.807, 2.05) is 30.3 Å². The van der Waals surface area contributed by atoms with Crippen LogP contribution < -0.4 is 11.1 Å². The SMILES string of the molecule is Nc1cc(NC(=O)CSc2ccccc2)ccc1F. The molecule has 0 saturated heterocycles. The largest absolute Gasteiger partial charge is 0.396 e. The number of nitrogens with one attached hydrogen (secondary N) is 1. The Morgan fingerprint density at radius 3 is 2.63 bits per heavy atom. The molecule has 2 aromatic carbocycles. The lowest BCUT2D eigenvalue weighted by Crippen LogP contribution is -2.14. The summed E-state index contributed by atoms with van der Waals surface area (Å²) in [5.74, 6) is -0.349. The number of benzene rings is 2. The second kappa shape index (κ2) is 6.24. The van der Waals surface area contributed by atoms with E-state index in [-0.39, 0.29) is 11.6 Å². The van der Waals surface area contributed by atoms with Crippen molar-refractivity contribution in [1.82, 2.24) is 0 Å². The number of rotatable bonds is 4. The average Bonchev–Trinajstić information content (AvgIpc) is 2.42. The Hall–Kier alpha value is -2.01. The van der Waals surface area contributed by atoms with Gasteiger partial charge < -0.3 is 11.1 Å². The number of thioether (sulfide) groups is 1. The fraction of sp³-hybridized carbons (Fsp3) is 0.0714. The topological polar surface area (TPSA) is 55.1 Å². The van der Waals surface area contributed by atoms with Crippen LogP contribution in [0, 0.1) is 5.82 Å². The van der Waals surface area contributed by atoms with Crippen molar-refractivity contribution in [3.05, 3.63) is 54.3 Å². The Morgan fingerprint density at radius 1 is 1.21 bits per heavy atom. The summed E-state index contributed by atoms with van der Waals surface area (Å²) in [5.41, 5.74) is 5.95. The van der Waals surface area contributed by atoms with Gasteiger partial charge in [0.1, 0.15) is 5.82 Å². The van der Waals surface area contributed by atoms with Gasteiger partial charge in [0.25, 0.3) is 0 Å². The molecule has 19 heavy (non-hydrogen) atoms. The summed E-state index contributed by atoms with van der Waals surface area (Å²) in [6, 6.07) is 13.8. The molecule has 0 unspecified atom stereocenters. The normalized spacial score (nSPS) is 10.2. The average molecular weight is 276 g/mol. The van der Waals surface area contributed by atoms with Gasteiger partial charge in [-0.05, 0) is 30.3 Å². The molecular weight excluding hydrogens is 263 g/mol. The Kier molecular flexibility index (Phi) is 4.41. The van der Waals surface area contributed by atoms with Crippen molar-refractivity contribution in [1.29, 1.82) is 0 Å². The van der Waals surface area contributed by atoms with Crippen molar-refractivity contribution in [2.45, 2.75) is 4.90 Å². The minimum absolute atomic E-state index is 0.0218. The third-order valence-corrected chi connectivity index (χ3v) is 3.40. The van der Waals surface area contributed by atoms with Gasteiger partial charge in [-0.25, -0.2) is 4.39 Å². The quantitative estimate of drug-likeness (QED) is 0.666. The molecular formula is C14H13FN2OS. The summed E-state index contributed by atoms with van der Waals surface area (Å²) < 4.78 is 13.0. The fourth-order valence-corrected chi connectivity index (χ4v) is 2.20. The van der Waals surface area contributed by atoms with E-state index in [0.717, 1.165) is 4.90 Å². The van der Waals surface area contributed by atoms with Crippen LogP contribution in [0.4, 0.5) is 15.8 Å². The predicted octanol–water partition coefficient (Wildman–Crippen LogP) is 3.14. The third kappa shape index (κ3) is 3.99. The highest BCUT2D eigenvalue weighted by molar-refractivity contribution is 8.00. The molecule has 0 radical (unpaired) electrons. The Labute approximate surface area is 115 Å². The highest BCUT2D eigenvalue weighted by atomic mass is 32.2. The van der Waals surface area contributed by atoms with Crippen LogP contribution >= 0.6 is 11.8 Å². The number of halogens is 1. The van der Waals surface area contributed by atoms with Gasteiger partial charge in [-0.15, -0.1) is 11.8 Å². The number of hydrogen-bond donors (Lipinski definition) is 2. The van der Waals surface area contributed by atoms with E-state index in [2.05, 4.69) is 5.32 Å². The molecule has 0 fully saturated rings. The maximum atomic E-state index is 13.0. The highest BCUT2D eigenvalue weighted by Gasteiger charge is 2.05. The lowest BCUT2D eigenvalue weighted by molar-refractivity contribution is -0.113. The van der Waals surface area contributed by atoms with Gasteiger partial charge in [0, 0.05) is 10.6 Å². The highest BCUT2D eigenvalue weighted by Crippen LogP contribution is 2.19. The molecule has 0 aliphatic heterocycles. The molecule has 2 aromatic rings. The van der Waals surface area contributed by atoms with Crippen LogP contribution in [0.2, 0.25) is 0 Å². The minimum atomic E-state index is -0.489. The van der Waals surface area contributed by atoms with E-state index in [1.54, 1.807) is 0 Å². The monoisotopic (exact) mass is 276 g/mol. The summed E-state index contributed by atoms with van der Waals surface area (Å²) >= 11 is 1.44. The molecule has 0 atom stereocenters. The molecule has 3 nitrogen and oxygen atoms in total. The van der Waals surface area contributed by atoms with Crippen LogP contribution in [-0.4, -0.2) is 11.7 Å². The van der Waals surface area contributed by atoms with Crippen LogP contribution in [0.25, 0.3) is 0 Å². The number of carbonyl (C=O) groups excluding carboxylic acids is 1. The van der Waals surface area contributed by atoms with Gasteiger partial charge in [-0.3, -0.25) is 4.79 Å². The zero-order valence-corrected chi connectivity index (χ0v) is 10.9. The van der Waals surface area contributed by atoms with Crippen LogP contribution in [0.1, 0.15) is 0 Å². The number of anilines is 2. The van der Waals surface area contributed by atoms with Gasteiger partial charge in [0.2, 0.25) is 5.91 Å². The van der Waals surface area contributed by atoms with E-state index < -0.39 is 5.82 Å². The lowest BCUT2D eigenvalue weighted by atomic mass is 10.2. The van der Waals surface area contributed by atoms with E-state index in [1.165, 1.54) is 30.0 Å². The Bertz CT molecular complexity index is 575. The standard InChI is InChI=1S/C14H13FN2OS/c15-12-7-6-10(8-13(12)16)17-14(18)9-19-11-4-2-1-3-5-11/h1-8H,9,16H2,(H,17,18). The van der Waals surface area contributed by atoms with Crippen molar-refractivity contribution in [3.8, 4) is 0 Å². The Balaban J connectivity index is 1.89. The van der Waals surface area contributed by atoms with Crippen molar-refractivity contribution < 1.29 is 9.18 Å². The number of hydrogen-bond acceptors (Lipinski definition) is 3. The fourth-order valence-electron chi connectivity index (χ4n) is 1.48. The van der Waals surface area contributed by atoms with E-state index in [9.17, 15) is 9.18 Å². The molecule has 0 aliphatic carbocycles. The molecule has 0 aromatic heterocycles. The molecule has 2 rings (SSSR count). The van der Waals surface area contributed by atoms with Crippen LogP contribution in [-0.2, 0) is 4.79 Å². The van der Waals surface area contributed by atoms with Gasteiger partial charge in [-0.1, -0.05) is 18.2 Å². The minimum Gasteiger partial charge on any atom is -0.396 e. The summed E-state index contributed by atoms with van der Waals surface area (Å²) in [4.78, 5) is 12.7. The van der Waals surface area contributed by atoms with Crippen molar-refractivity contribution >= 4 is 29.0 Å². The maximum Gasteiger partial charge on any atom is 0.234 e. The van der Waals surface area contributed by atoms with Gasteiger partial charge in [0.05, 0.1) is 11.4 Å². The summed E-state index contributed by atoms with van der Waals surface area (Å²) in [7, 11) is 0. The van der Waals surface area contributed by atoms with E-state index in [0.29, 0.717) is 11.4 Å². The number of carbonyl (C=O) groups is 1. The molecule has 98 valence electrons. The number of nitrogen functional groups attached to an aromatic ring is 1. The Morgan fingerprint density at radius 2 is 1.95 bits per heavy atom. The molecule has 1 amide bonds. The molecule has 5 heteroatoms. The molecule has 0 bridgehead atoms. The molecule has 3 N–H and O–H groups in total. The smallest absolute Gasteiger partial charge is 0.234 e. The zero-order valence-electron chi connectivity index (χ0n) is 10.1. The first-order valence-electron chi connectivity index (χ1n) is 5.68. The second-order valence-electron chi connectivity index (χ2n) is 3.89. The maximum absolute atomic E-state index is 13.0. The van der Waals surface area contributed by atoms with Gasteiger partial charge >= 0.3 is 0 Å². The van der Waals surface area contributed by atoms with E-state index in [4.69, 9.17) is 5.73 Å². The summed E-state index contributed by atoms with van der Waals surface area (Å²) in [6.45, 7) is 0. The van der Waals surface area contributed by atoms with Crippen LogP contribution in [0.5, 0.6) is 0 Å². The van der Waals surface area contributed by atoms with Crippen LogP contribution in [0.3, 0.4) is 0 Å². The number of nitrogens with two attached hydrogens (primary N) is 1. The lowest BCUT2D eigenvalue weighted by Gasteiger charge is -2.06. The third-order valence-electron chi connectivity index (χ3n) is 2.39. The van der Waals surface area contributed by atoms with Crippen molar-refractivity contribution in [2.24, 2.45) is 0 Å². The second-order valence-corrected chi connectivity index (χ2v) is 4.93. The molecule has 0 aliphatic rings. The zero-order chi connectivity index (χ0) is 13.7. The summed E-state index contributed by atoms with van der Waals surface area (Å²) in [5, 5.41) is 2.67. The van der Waals surface area contributed by atoms with Crippen molar-refractivity contribution in [3.63, 3.8) is 0 Å². The van der Waals surface area contributed by atoms with Crippen molar-refractivity contribution in [2.75, 3.05) is 16.8 Å². The first kappa shape index (κ1) is 13.4. The van der Waals surface area contributed by atoms with Gasteiger partial charge in [0.15, 0.2) is 0 Å². The first-order chi connectivity index (χ1) is 9.15. The molecule has 0 heterocycles. The molecule has 0 spiro atoms. The summed E-state index contributed by atoms with van der Waals surface area (Å²) in [6.07, 6.45) is 0. The number of amides is 1. The van der Waals surface area contributed by atoms with Crippen LogP contribution in [0.15, 0.2) is 53.4 Å². The van der Waals surface area contributed by atoms with E-state index >= 15 is 0 Å². The van der Waals surface area contributed by atoms with Gasteiger partial charge in [-0.2, -0.15) is 0 Å².